The lowest BCUT2D eigenvalue weighted by atomic mass is 9.91. The Morgan fingerprint density at radius 2 is 1.52 bits per heavy atom. The van der Waals surface area contributed by atoms with Crippen molar-refractivity contribution in [2.24, 2.45) is 0 Å². The maximum absolute atomic E-state index is 10.2. The fraction of sp³-hybridized carbons (Fsp3) is 0.368. The van der Waals surface area contributed by atoms with Crippen LogP contribution in [-0.2, 0) is 11.3 Å². The number of rotatable bonds is 5. The van der Waals surface area contributed by atoms with E-state index in [-0.39, 0.29) is 6.61 Å². The summed E-state index contributed by atoms with van der Waals surface area (Å²) < 4.78 is 11.2. The van der Waals surface area contributed by atoms with Crippen molar-refractivity contribution in [2.45, 2.75) is 37.1 Å². The van der Waals surface area contributed by atoms with Gasteiger partial charge in [0.25, 0.3) is 0 Å². The van der Waals surface area contributed by atoms with Gasteiger partial charge in [-0.3, -0.25) is 0 Å². The van der Waals surface area contributed by atoms with E-state index in [1.54, 1.807) is 42.5 Å². The van der Waals surface area contributed by atoms with Gasteiger partial charge in [0.15, 0.2) is 0 Å². The lowest BCUT2D eigenvalue weighted by Crippen LogP contribution is -2.55. The zero-order valence-electron chi connectivity index (χ0n) is 14.2. The van der Waals surface area contributed by atoms with Crippen LogP contribution in [0.2, 0.25) is 10.0 Å². The SMILES string of the molecule is OCC1OC(c2ccc(OCc3cc(Cl)cc(Cl)c3)cc2)C(O)C(O)C1O. The smallest absolute Gasteiger partial charge is 0.119 e. The molecule has 1 aliphatic rings. The van der Waals surface area contributed by atoms with Gasteiger partial charge < -0.3 is 29.9 Å². The van der Waals surface area contributed by atoms with Gasteiger partial charge in [-0.25, -0.2) is 0 Å². The van der Waals surface area contributed by atoms with Crippen molar-refractivity contribution >= 4 is 23.2 Å². The molecule has 0 saturated carbocycles. The molecule has 1 saturated heterocycles. The van der Waals surface area contributed by atoms with Crippen LogP contribution in [0.4, 0.5) is 0 Å². The monoisotopic (exact) mass is 414 g/mol. The molecule has 0 amide bonds. The third kappa shape index (κ3) is 4.73. The van der Waals surface area contributed by atoms with Crippen LogP contribution in [0, 0.1) is 0 Å². The lowest BCUT2D eigenvalue weighted by Gasteiger charge is -2.40. The molecule has 146 valence electrons. The second kappa shape index (κ2) is 8.75. The first-order chi connectivity index (χ1) is 12.9. The van der Waals surface area contributed by atoms with Gasteiger partial charge >= 0.3 is 0 Å². The lowest BCUT2D eigenvalue weighted by molar-refractivity contribution is -0.231. The van der Waals surface area contributed by atoms with Gasteiger partial charge in [0.2, 0.25) is 0 Å². The third-order valence-electron chi connectivity index (χ3n) is 4.43. The summed E-state index contributed by atoms with van der Waals surface area (Å²) in [5.41, 5.74) is 1.41. The number of hydrogen-bond donors (Lipinski definition) is 4. The van der Waals surface area contributed by atoms with Crippen LogP contribution < -0.4 is 4.74 Å². The molecule has 0 radical (unpaired) electrons. The summed E-state index contributed by atoms with van der Waals surface area (Å²) in [5, 5.41) is 40.3. The number of aliphatic hydroxyl groups excluding tert-OH is 4. The Kier molecular flexibility index (Phi) is 6.60. The molecule has 6 nitrogen and oxygen atoms in total. The molecule has 5 atom stereocenters. The van der Waals surface area contributed by atoms with Crippen molar-refractivity contribution < 1.29 is 29.9 Å². The summed E-state index contributed by atoms with van der Waals surface area (Å²) in [4.78, 5) is 0. The average Bonchev–Trinajstić information content (AvgIpc) is 2.65. The van der Waals surface area contributed by atoms with Gasteiger partial charge in [-0.1, -0.05) is 35.3 Å². The maximum Gasteiger partial charge on any atom is 0.119 e. The predicted octanol–water partition coefficient (Wildman–Crippen LogP) is 2.09. The highest BCUT2D eigenvalue weighted by atomic mass is 35.5. The van der Waals surface area contributed by atoms with E-state index in [1.165, 1.54) is 0 Å². The van der Waals surface area contributed by atoms with Gasteiger partial charge in [-0.2, -0.15) is 0 Å². The first-order valence-corrected chi connectivity index (χ1v) is 9.13. The molecular weight excluding hydrogens is 395 g/mol. The highest BCUT2D eigenvalue weighted by Crippen LogP contribution is 2.33. The number of benzene rings is 2. The van der Waals surface area contributed by atoms with Crippen molar-refractivity contribution in [1.29, 1.82) is 0 Å². The van der Waals surface area contributed by atoms with Gasteiger partial charge in [0.05, 0.1) is 6.61 Å². The molecule has 4 N–H and O–H groups in total. The van der Waals surface area contributed by atoms with Crippen LogP contribution >= 0.6 is 23.2 Å². The van der Waals surface area contributed by atoms with Gasteiger partial charge in [0.1, 0.15) is 42.9 Å². The van der Waals surface area contributed by atoms with Crippen molar-refractivity contribution in [3.05, 3.63) is 63.6 Å². The summed E-state index contributed by atoms with van der Waals surface area (Å²) in [6.45, 7) is -0.190. The van der Waals surface area contributed by atoms with E-state index < -0.39 is 37.1 Å². The first-order valence-electron chi connectivity index (χ1n) is 8.37. The second-order valence-electron chi connectivity index (χ2n) is 6.38. The Morgan fingerprint density at radius 3 is 2.11 bits per heavy atom. The van der Waals surface area contributed by atoms with Gasteiger partial charge in [0, 0.05) is 10.0 Å². The summed E-state index contributed by atoms with van der Waals surface area (Å²) in [6.07, 6.45) is -5.93. The minimum Gasteiger partial charge on any atom is -0.489 e. The number of hydrogen-bond acceptors (Lipinski definition) is 6. The highest BCUT2D eigenvalue weighted by Gasteiger charge is 2.43. The third-order valence-corrected chi connectivity index (χ3v) is 4.87. The molecule has 0 aliphatic carbocycles. The van der Waals surface area contributed by atoms with Crippen LogP contribution in [0.15, 0.2) is 42.5 Å². The van der Waals surface area contributed by atoms with E-state index in [0.717, 1.165) is 5.56 Å². The molecule has 0 aromatic heterocycles. The normalized spacial score (nSPS) is 28.1. The van der Waals surface area contributed by atoms with Crippen LogP contribution in [0.5, 0.6) is 5.75 Å². The van der Waals surface area contributed by atoms with E-state index in [4.69, 9.17) is 32.7 Å². The van der Waals surface area contributed by atoms with E-state index in [1.807, 2.05) is 0 Å². The minimum absolute atomic E-state index is 0.277. The Hall–Kier alpha value is -1.38. The molecule has 2 aromatic carbocycles. The van der Waals surface area contributed by atoms with E-state index >= 15 is 0 Å². The maximum atomic E-state index is 10.2. The Balaban J connectivity index is 1.67. The summed E-state index contributed by atoms with van der Waals surface area (Å²) >= 11 is 11.9. The Morgan fingerprint density at radius 1 is 0.889 bits per heavy atom. The summed E-state index contributed by atoms with van der Waals surface area (Å²) in [7, 11) is 0. The average molecular weight is 415 g/mol. The standard InChI is InChI=1S/C19H20Cl2O6/c20-12-5-10(6-13(21)7-12)9-26-14-3-1-11(2-4-14)19-18(25)17(24)16(23)15(8-22)27-19/h1-7,15-19,22-25H,8-9H2. The molecule has 2 aromatic rings. The van der Waals surface area contributed by atoms with Crippen LogP contribution in [0.3, 0.4) is 0 Å². The Bertz CT molecular complexity index is 747. The predicted molar refractivity (Wildman–Crippen MR) is 100.0 cm³/mol. The largest absolute Gasteiger partial charge is 0.489 e. The van der Waals surface area contributed by atoms with Crippen molar-refractivity contribution in [3.63, 3.8) is 0 Å². The quantitative estimate of drug-likeness (QED) is 0.597. The molecule has 5 unspecified atom stereocenters. The van der Waals surface area contributed by atoms with Crippen LogP contribution in [0.25, 0.3) is 0 Å². The van der Waals surface area contributed by atoms with Crippen molar-refractivity contribution in [3.8, 4) is 5.75 Å². The highest BCUT2D eigenvalue weighted by molar-refractivity contribution is 6.34. The minimum atomic E-state index is -1.41. The molecule has 1 fully saturated rings. The van der Waals surface area contributed by atoms with E-state index in [2.05, 4.69) is 0 Å². The molecule has 1 aliphatic heterocycles. The fourth-order valence-electron chi connectivity index (χ4n) is 2.99. The van der Waals surface area contributed by atoms with Crippen molar-refractivity contribution in [2.75, 3.05) is 6.61 Å². The molecule has 27 heavy (non-hydrogen) atoms. The van der Waals surface area contributed by atoms with Gasteiger partial charge in [-0.05, 0) is 41.5 Å². The molecule has 1 heterocycles. The topological polar surface area (TPSA) is 99.4 Å². The molecule has 0 bridgehead atoms. The number of ether oxygens (including phenoxy) is 2. The summed E-state index contributed by atoms with van der Waals surface area (Å²) in [6, 6.07) is 11.9. The van der Waals surface area contributed by atoms with Gasteiger partial charge in [-0.15, -0.1) is 0 Å². The molecule has 3 rings (SSSR count). The first kappa shape index (κ1) is 20.4. The zero-order valence-corrected chi connectivity index (χ0v) is 15.7. The van der Waals surface area contributed by atoms with Crippen LogP contribution in [0.1, 0.15) is 17.2 Å². The molecule has 8 heteroatoms. The second-order valence-corrected chi connectivity index (χ2v) is 7.26. The van der Waals surface area contributed by atoms with E-state index in [9.17, 15) is 20.4 Å². The molecule has 0 spiro atoms. The molecular formula is C19H20Cl2O6. The zero-order chi connectivity index (χ0) is 19.6. The number of halogens is 2. The number of aliphatic hydroxyl groups is 4. The van der Waals surface area contributed by atoms with E-state index in [0.29, 0.717) is 21.4 Å². The fourth-order valence-corrected chi connectivity index (χ4v) is 3.56. The Labute approximate surface area is 166 Å². The van der Waals surface area contributed by atoms with Crippen LogP contribution in [-0.4, -0.2) is 51.4 Å². The van der Waals surface area contributed by atoms with Crippen molar-refractivity contribution in [1.82, 2.24) is 0 Å². The summed E-state index contributed by atoms with van der Waals surface area (Å²) in [5.74, 6) is 0.583.